The highest BCUT2D eigenvalue weighted by molar-refractivity contribution is 5.95. The number of anilines is 2. The lowest BCUT2D eigenvalue weighted by Crippen LogP contribution is -2.20. The van der Waals surface area contributed by atoms with Gasteiger partial charge in [0.15, 0.2) is 0 Å². The number of rotatable bonds is 4. The van der Waals surface area contributed by atoms with Crippen LogP contribution in [-0.4, -0.2) is 17.9 Å². The van der Waals surface area contributed by atoms with Gasteiger partial charge in [0.1, 0.15) is 0 Å². The van der Waals surface area contributed by atoms with Crippen molar-refractivity contribution in [1.29, 1.82) is 0 Å². The molecular formula is C14H20ClN3O2. The van der Waals surface area contributed by atoms with Gasteiger partial charge in [-0.05, 0) is 43.5 Å². The Bertz CT molecular complexity index is 503. The molecule has 2 rings (SSSR count). The average molecular weight is 298 g/mol. The fourth-order valence-corrected chi connectivity index (χ4v) is 2.04. The molecule has 0 bridgehead atoms. The number of hydrogen-bond donors (Lipinski definition) is 3. The molecule has 4 N–H and O–H groups in total. The second-order valence-corrected chi connectivity index (χ2v) is 4.98. The molecule has 0 aliphatic carbocycles. The highest BCUT2D eigenvalue weighted by atomic mass is 35.5. The van der Waals surface area contributed by atoms with E-state index in [1.165, 1.54) is 0 Å². The molecule has 20 heavy (non-hydrogen) atoms. The van der Waals surface area contributed by atoms with E-state index in [9.17, 15) is 9.59 Å². The van der Waals surface area contributed by atoms with E-state index in [0.29, 0.717) is 25.7 Å². The standard InChI is InChI=1S/C14H19N3O2.ClH/c1-9(15)2-6-13(18)16-11-4-5-12-10(8-11)3-7-14(19)17-12;/h4-5,8-9H,2-3,6-7,15H2,1H3,(H,16,18)(H,17,19);1H. The van der Waals surface area contributed by atoms with Crippen LogP contribution >= 0.6 is 12.4 Å². The molecule has 0 radical (unpaired) electrons. The van der Waals surface area contributed by atoms with E-state index < -0.39 is 0 Å². The minimum absolute atomic E-state index is 0. The van der Waals surface area contributed by atoms with Gasteiger partial charge < -0.3 is 16.4 Å². The van der Waals surface area contributed by atoms with Crippen LogP contribution in [0, 0.1) is 0 Å². The molecule has 2 amide bonds. The summed E-state index contributed by atoms with van der Waals surface area (Å²) >= 11 is 0. The fraction of sp³-hybridized carbons (Fsp3) is 0.429. The van der Waals surface area contributed by atoms with E-state index in [1.54, 1.807) is 6.07 Å². The number of benzene rings is 1. The van der Waals surface area contributed by atoms with Crippen LogP contribution in [0.25, 0.3) is 0 Å². The molecule has 1 aromatic carbocycles. The number of nitrogens with two attached hydrogens (primary N) is 1. The number of nitrogens with one attached hydrogen (secondary N) is 2. The smallest absolute Gasteiger partial charge is 0.224 e. The van der Waals surface area contributed by atoms with E-state index in [0.717, 1.165) is 16.9 Å². The lowest BCUT2D eigenvalue weighted by molar-refractivity contribution is -0.117. The van der Waals surface area contributed by atoms with Gasteiger partial charge in [0.05, 0.1) is 0 Å². The summed E-state index contributed by atoms with van der Waals surface area (Å²) < 4.78 is 0. The third kappa shape index (κ3) is 4.51. The molecule has 1 aromatic rings. The van der Waals surface area contributed by atoms with Crippen LogP contribution in [0.15, 0.2) is 18.2 Å². The minimum Gasteiger partial charge on any atom is -0.328 e. The monoisotopic (exact) mass is 297 g/mol. The Hall–Kier alpha value is -1.59. The largest absolute Gasteiger partial charge is 0.328 e. The number of carbonyl (C=O) groups is 2. The van der Waals surface area contributed by atoms with Crippen molar-refractivity contribution < 1.29 is 9.59 Å². The molecule has 1 atom stereocenters. The Morgan fingerprint density at radius 1 is 1.45 bits per heavy atom. The lowest BCUT2D eigenvalue weighted by atomic mass is 10.0. The molecule has 5 nitrogen and oxygen atoms in total. The molecular weight excluding hydrogens is 278 g/mol. The number of amides is 2. The molecule has 0 aromatic heterocycles. The molecule has 1 heterocycles. The van der Waals surface area contributed by atoms with Crippen molar-refractivity contribution in [3.05, 3.63) is 23.8 Å². The van der Waals surface area contributed by atoms with E-state index in [4.69, 9.17) is 5.73 Å². The quantitative estimate of drug-likeness (QED) is 0.795. The Morgan fingerprint density at radius 3 is 2.90 bits per heavy atom. The van der Waals surface area contributed by atoms with Crippen molar-refractivity contribution in [2.24, 2.45) is 5.73 Å². The van der Waals surface area contributed by atoms with Gasteiger partial charge >= 0.3 is 0 Å². The van der Waals surface area contributed by atoms with Gasteiger partial charge in [0.25, 0.3) is 0 Å². The van der Waals surface area contributed by atoms with E-state index >= 15 is 0 Å². The number of fused-ring (bicyclic) bond motifs is 1. The average Bonchev–Trinajstić information content (AvgIpc) is 2.36. The van der Waals surface area contributed by atoms with Crippen LogP contribution in [0.1, 0.15) is 31.7 Å². The molecule has 1 unspecified atom stereocenters. The second-order valence-electron chi connectivity index (χ2n) is 4.98. The zero-order chi connectivity index (χ0) is 13.8. The predicted octanol–water partition coefficient (Wildman–Crippen LogP) is 2.06. The normalized spacial score (nSPS) is 14.6. The third-order valence-corrected chi connectivity index (χ3v) is 3.11. The van der Waals surface area contributed by atoms with Gasteiger partial charge in [0.2, 0.25) is 11.8 Å². The summed E-state index contributed by atoms with van der Waals surface area (Å²) in [6, 6.07) is 5.57. The Labute approximate surface area is 124 Å². The maximum atomic E-state index is 11.7. The van der Waals surface area contributed by atoms with Crippen LogP contribution in [0.2, 0.25) is 0 Å². The summed E-state index contributed by atoms with van der Waals surface area (Å²) in [6.45, 7) is 1.88. The van der Waals surface area contributed by atoms with Crippen molar-refractivity contribution in [2.45, 2.75) is 38.6 Å². The lowest BCUT2D eigenvalue weighted by Gasteiger charge is -2.17. The van der Waals surface area contributed by atoms with Gasteiger partial charge in [-0.3, -0.25) is 9.59 Å². The van der Waals surface area contributed by atoms with E-state index in [-0.39, 0.29) is 30.3 Å². The molecule has 1 aliphatic heterocycles. The molecule has 6 heteroatoms. The van der Waals surface area contributed by atoms with Crippen LogP contribution in [0.4, 0.5) is 11.4 Å². The third-order valence-electron chi connectivity index (χ3n) is 3.11. The Balaban J connectivity index is 0.00000200. The summed E-state index contributed by atoms with van der Waals surface area (Å²) in [6.07, 6.45) is 2.30. The first kappa shape index (κ1) is 16.5. The zero-order valence-electron chi connectivity index (χ0n) is 11.4. The first-order chi connectivity index (χ1) is 9.04. The van der Waals surface area contributed by atoms with Crippen LogP contribution < -0.4 is 16.4 Å². The summed E-state index contributed by atoms with van der Waals surface area (Å²) in [4.78, 5) is 22.9. The maximum absolute atomic E-state index is 11.7. The van der Waals surface area contributed by atoms with Crippen LogP contribution in [0.5, 0.6) is 0 Å². The first-order valence-electron chi connectivity index (χ1n) is 6.53. The van der Waals surface area contributed by atoms with Gasteiger partial charge in [-0.25, -0.2) is 0 Å². The summed E-state index contributed by atoms with van der Waals surface area (Å²) in [7, 11) is 0. The number of halogens is 1. The Kier molecular flexibility index (Phi) is 5.98. The van der Waals surface area contributed by atoms with E-state index in [1.807, 2.05) is 19.1 Å². The van der Waals surface area contributed by atoms with Crippen molar-refractivity contribution >= 4 is 35.6 Å². The summed E-state index contributed by atoms with van der Waals surface area (Å²) in [5.41, 5.74) is 8.28. The van der Waals surface area contributed by atoms with E-state index in [2.05, 4.69) is 10.6 Å². The zero-order valence-corrected chi connectivity index (χ0v) is 12.3. The van der Waals surface area contributed by atoms with Crippen molar-refractivity contribution in [3.63, 3.8) is 0 Å². The summed E-state index contributed by atoms with van der Waals surface area (Å²) in [5, 5.41) is 5.66. The SMILES string of the molecule is CC(N)CCC(=O)Nc1ccc2c(c1)CCC(=O)N2.Cl. The topological polar surface area (TPSA) is 84.2 Å². The number of hydrogen-bond acceptors (Lipinski definition) is 3. The molecule has 0 saturated carbocycles. The fourth-order valence-electron chi connectivity index (χ4n) is 2.04. The highest BCUT2D eigenvalue weighted by Gasteiger charge is 2.15. The van der Waals surface area contributed by atoms with Crippen molar-refractivity contribution in [2.75, 3.05) is 10.6 Å². The highest BCUT2D eigenvalue weighted by Crippen LogP contribution is 2.25. The van der Waals surface area contributed by atoms with Gasteiger partial charge in [-0.1, -0.05) is 0 Å². The van der Waals surface area contributed by atoms with Crippen molar-refractivity contribution in [3.8, 4) is 0 Å². The molecule has 0 spiro atoms. The molecule has 0 saturated heterocycles. The van der Waals surface area contributed by atoms with Crippen LogP contribution in [-0.2, 0) is 16.0 Å². The van der Waals surface area contributed by atoms with Gasteiger partial charge in [-0.15, -0.1) is 12.4 Å². The Morgan fingerprint density at radius 2 is 2.20 bits per heavy atom. The minimum atomic E-state index is -0.0305. The number of carbonyl (C=O) groups excluding carboxylic acids is 2. The maximum Gasteiger partial charge on any atom is 0.224 e. The second kappa shape index (κ2) is 7.26. The summed E-state index contributed by atoms with van der Waals surface area (Å²) in [5.74, 6) is 0.0123. The van der Waals surface area contributed by atoms with Crippen molar-refractivity contribution in [1.82, 2.24) is 0 Å². The molecule has 1 aliphatic rings. The molecule has 0 fully saturated rings. The number of aryl methyl sites for hydroxylation is 1. The van der Waals surface area contributed by atoms with Gasteiger partial charge in [-0.2, -0.15) is 0 Å². The van der Waals surface area contributed by atoms with Gasteiger partial charge in [0, 0.05) is 30.3 Å². The predicted molar refractivity (Wildman–Crippen MR) is 82.2 cm³/mol. The first-order valence-corrected chi connectivity index (χ1v) is 6.53. The molecule has 110 valence electrons. The van der Waals surface area contributed by atoms with Crippen LogP contribution in [0.3, 0.4) is 0 Å².